The van der Waals surface area contributed by atoms with Gasteiger partial charge in [-0.05, 0) is 31.0 Å². The number of benzene rings is 1. The van der Waals surface area contributed by atoms with E-state index in [0.717, 1.165) is 23.2 Å². The second kappa shape index (κ2) is 7.70. The summed E-state index contributed by atoms with van der Waals surface area (Å²) in [4.78, 5) is 4.39. The Hall–Kier alpha value is -1.72. The molecule has 1 aromatic carbocycles. The van der Waals surface area contributed by atoms with E-state index in [0.29, 0.717) is 22.5 Å². The van der Waals surface area contributed by atoms with E-state index in [2.05, 4.69) is 22.3 Å². The Morgan fingerprint density at radius 3 is 2.83 bits per heavy atom. The zero-order valence-corrected chi connectivity index (χ0v) is 15.0. The standard InChI is InChI=1S/C16H21Cl2N5/c1-4-15-11(9-23(3)22-15)8-20-16(19)21-10(2)13-6-5-12(17)7-14(13)18/h5-7,9-10H,4,8H2,1-3H3,(H3,19,20,21). The van der Waals surface area contributed by atoms with Crippen molar-refractivity contribution >= 4 is 29.2 Å². The fourth-order valence-corrected chi connectivity index (χ4v) is 2.95. The van der Waals surface area contributed by atoms with Crippen LogP contribution in [0.4, 0.5) is 0 Å². The lowest BCUT2D eigenvalue weighted by atomic mass is 10.1. The molecule has 7 heteroatoms. The van der Waals surface area contributed by atoms with Crippen molar-refractivity contribution < 1.29 is 0 Å². The Labute approximate surface area is 146 Å². The van der Waals surface area contributed by atoms with Gasteiger partial charge >= 0.3 is 0 Å². The second-order valence-electron chi connectivity index (χ2n) is 5.36. The molecular formula is C16H21Cl2N5. The van der Waals surface area contributed by atoms with Gasteiger partial charge < -0.3 is 11.1 Å². The molecular weight excluding hydrogens is 333 g/mol. The minimum Gasteiger partial charge on any atom is -0.370 e. The van der Waals surface area contributed by atoms with Gasteiger partial charge in [0.1, 0.15) is 0 Å². The van der Waals surface area contributed by atoms with E-state index >= 15 is 0 Å². The third-order valence-corrected chi connectivity index (χ3v) is 4.10. The van der Waals surface area contributed by atoms with Crippen LogP contribution in [0.1, 0.15) is 36.7 Å². The minimum atomic E-state index is -0.0666. The molecule has 3 N–H and O–H groups in total. The zero-order valence-electron chi connectivity index (χ0n) is 13.5. The molecule has 0 aliphatic carbocycles. The molecule has 0 aliphatic heterocycles. The van der Waals surface area contributed by atoms with Gasteiger partial charge in [-0.15, -0.1) is 0 Å². The third kappa shape index (κ3) is 4.62. The second-order valence-corrected chi connectivity index (χ2v) is 6.21. The number of nitrogens with zero attached hydrogens (tertiary/aromatic N) is 3. The van der Waals surface area contributed by atoms with Gasteiger partial charge in [0.2, 0.25) is 0 Å². The smallest absolute Gasteiger partial charge is 0.189 e. The Morgan fingerprint density at radius 1 is 1.43 bits per heavy atom. The van der Waals surface area contributed by atoms with E-state index in [1.807, 2.05) is 26.2 Å². The van der Waals surface area contributed by atoms with Crippen LogP contribution >= 0.6 is 23.2 Å². The van der Waals surface area contributed by atoms with E-state index < -0.39 is 0 Å². The van der Waals surface area contributed by atoms with Gasteiger partial charge in [0.25, 0.3) is 0 Å². The monoisotopic (exact) mass is 353 g/mol. The molecule has 2 aromatic rings. The van der Waals surface area contributed by atoms with E-state index in [1.165, 1.54) is 0 Å². The topological polar surface area (TPSA) is 68.2 Å². The van der Waals surface area contributed by atoms with Gasteiger partial charge in [-0.25, -0.2) is 4.99 Å². The number of aromatic nitrogens is 2. The summed E-state index contributed by atoms with van der Waals surface area (Å²) in [6.07, 6.45) is 2.84. The van der Waals surface area contributed by atoms with E-state index in [9.17, 15) is 0 Å². The first-order valence-corrected chi connectivity index (χ1v) is 8.19. The summed E-state index contributed by atoms with van der Waals surface area (Å²) >= 11 is 12.1. The molecule has 0 radical (unpaired) electrons. The van der Waals surface area contributed by atoms with Crippen molar-refractivity contribution in [3.63, 3.8) is 0 Å². The molecule has 0 saturated carbocycles. The van der Waals surface area contributed by atoms with Crippen molar-refractivity contribution in [1.82, 2.24) is 15.1 Å². The van der Waals surface area contributed by atoms with Crippen molar-refractivity contribution in [1.29, 1.82) is 0 Å². The molecule has 1 aromatic heterocycles. The number of aryl methyl sites for hydroxylation is 2. The molecule has 0 saturated heterocycles. The first-order valence-electron chi connectivity index (χ1n) is 7.43. The van der Waals surface area contributed by atoms with Gasteiger partial charge in [-0.1, -0.05) is 36.2 Å². The highest BCUT2D eigenvalue weighted by atomic mass is 35.5. The molecule has 0 fully saturated rings. The number of nitrogens with two attached hydrogens (primary N) is 1. The number of aliphatic imine (C=N–C) groups is 1. The maximum Gasteiger partial charge on any atom is 0.189 e. The maximum absolute atomic E-state index is 6.21. The lowest BCUT2D eigenvalue weighted by Gasteiger charge is -2.16. The predicted octanol–water partition coefficient (Wildman–Crippen LogP) is 3.45. The highest BCUT2D eigenvalue weighted by Crippen LogP contribution is 2.25. The van der Waals surface area contributed by atoms with Crippen molar-refractivity contribution in [3.8, 4) is 0 Å². The normalized spacial score (nSPS) is 13.2. The maximum atomic E-state index is 6.21. The highest BCUT2D eigenvalue weighted by Gasteiger charge is 2.11. The number of hydrogen-bond donors (Lipinski definition) is 2. The van der Waals surface area contributed by atoms with Crippen LogP contribution in [-0.2, 0) is 20.0 Å². The van der Waals surface area contributed by atoms with Crippen molar-refractivity contribution in [3.05, 3.63) is 51.3 Å². The van der Waals surface area contributed by atoms with Crippen LogP contribution in [0, 0.1) is 0 Å². The molecule has 1 atom stereocenters. The summed E-state index contributed by atoms with van der Waals surface area (Å²) in [5.41, 5.74) is 9.02. The van der Waals surface area contributed by atoms with E-state index in [1.54, 1.807) is 16.8 Å². The molecule has 23 heavy (non-hydrogen) atoms. The molecule has 5 nitrogen and oxygen atoms in total. The molecule has 0 spiro atoms. The summed E-state index contributed by atoms with van der Waals surface area (Å²) in [7, 11) is 1.90. The quantitative estimate of drug-likeness (QED) is 0.638. The van der Waals surface area contributed by atoms with Crippen LogP contribution < -0.4 is 11.1 Å². The third-order valence-electron chi connectivity index (χ3n) is 3.54. The summed E-state index contributed by atoms with van der Waals surface area (Å²) in [6, 6.07) is 5.33. The fourth-order valence-electron chi connectivity index (χ4n) is 2.38. The number of hydrogen-bond acceptors (Lipinski definition) is 2. The average Bonchev–Trinajstić information content (AvgIpc) is 2.85. The van der Waals surface area contributed by atoms with Crippen LogP contribution in [-0.4, -0.2) is 15.7 Å². The first-order chi connectivity index (χ1) is 10.9. The van der Waals surface area contributed by atoms with Gasteiger partial charge in [0.05, 0.1) is 18.3 Å². The highest BCUT2D eigenvalue weighted by molar-refractivity contribution is 6.35. The van der Waals surface area contributed by atoms with Gasteiger partial charge in [-0.2, -0.15) is 5.10 Å². The molecule has 124 valence electrons. The predicted molar refractivity (Wildman–Crippen MR) is 95.9 cm³/mol. The van der Waals surface area contributed by atoms with Crippen LogP contribution in [0.5, 0.6) is 0 Å². The number of nitrogens with one attached hydrogen (secondary N) is 1. The van der Waals surface area contributed by atoms with Gasteiger partial charge in [-0.3, -0.25) is 4.68 Å². The van der Waals surface area contributed by atoms with Gasteiger partial charge in [0.15, 0.2) is 5.96 Å². The van der Waals surface area contributed by atoms with E-state index in [-0.39, 0.29) is 6.04 Å². The van der Waals surface area contributed by atoms with Crippen LogP contribution in [0.2, 0.25) is 10.0 Å². The average molecular weight is 354 g/mol. The molecule has 0 bridgehead atoms. The van der Waals surface area contributed by atoms with Crippen molar-refractivity contribution in [2.75, 3.05) is 0 Å². The zero-order chi connectivity index (χ0) is 17.0. The Morgan fingerprint density at radius 2 is 2.17 bits per heavy atom. The molecule has 1 unspecified atom stereocenters. The molecule has 1 heterocycles. The molecule has 0 aliphatic rings. The van der Waals surface area contributed by atoms with Crippen LogP contribution in [0.3, 0.4) is 0 Å². The molecule has 0 amide bonds. The Bertz CT molecular complexity index is 708. The van der Waals surface area contributed by atoms with E-state index in [4.69, 9.17) is 28.9 Å². The largest absolute Gasteiger partial charge is 0.370 e. The van der Waals surface area contributed by atoms with Crippen molar-refractivity contribution in [2.45, 2.75) is 32.9 Å². The number of halogens is 2. The SMILES string of the molecule is CCc1nn(C)cc1CN=C(N)NC(C)c1ccc(Cl)cc1Cl. The summed E-state index contributed by atoms with van der Waals surface area (Å²) in [6.45, 7) is 4.54. The first kappa shape index (κ1) is 17.6. The summed E-state index contributed by atoms with van der Waals surface area (Å²) in [5, 5.41) is 8.75. The Balaban J connectivity index is 2.04. The van der Waals surface area contributed by atoms with Crippen molar-refractivity contribution in [2.24, 2.45) is 17.8 Å². The fraction of sp³-hybridized carbons (Fsp3) is 0.375. The van der Waals surface area contributed by atoms with Crippen LogP contribution in [0.15, 0.2) is 29.4 Å². The number of guanidine groups is 1. The molecule has 2 rings (SSSR count). The lowest BCUT2D eigenvalue weighted by molar-refractivity contribution is 0.707. The summed E-state index contributed by atoms with van der Waals surface area (Å²) < 4.78 is 1.80. The minimum absolute atomic E-state index is 0.0666. The lowest BCUT2D eigenvalue weighted by Crippen LogP contribution is -2.34. The van der Waals surface area contributed by atoms with Crippen LogP contribution in [0.25, 0.3) is 0 Å². The summed E-state index contributed by atoms with van der Waals surface area (Å²) in [5.74, 6) is 0.370. The Kier molecular flexibility index (Phi) is 5.91. The van der Waals surface area contributed by atoms with Gasteiger partial charge in [0, 0.05) is 28.9 Å². The number of rotatable bonds is 5.